The Morgan fingerprint density at radius 2 is 1.67 bits per heavy atom. The van der Waals surface area contributed by atoms with Gasteiger partial charge in [0.25, 0.3) is 0 Å². The van der Waals surface area contributed by atoms with Gasteiger partial charge in [-0.1, -0.05) is 0 Å². The summed E-state index contributed by atoms with van der Waals surface area (Å²) in [6.07, 6.45) is 0. The Balaban J connectivity index is 3.01. The van der Waals surface area contributed by atoms with Crippen molar-refractivity contribution in [2.45, 2.75) is 0 Å². The predicted octanol–water partition coefficient (Wildman–Crippen LogP) is -0.798. The Hall–Kier alpha value is -0.690. The molecule has 15 heavy (non-hydrogen) atoms. The summed E-state index contributed by atoms with van der Waals surface area (Å²) in [7, 11) is 1.43. The Kier molecular flexibility index (Phi) is 10.9. The van der Waals surface area contributed by atoms with Crippen LogP contribution in [0.1, 0.15) is 0 Å². The molecule has 0 aliphatic carbocycles. The van der Waals surface area contributed by atoms with Gasteiger partial charge in [-0.2, -0.15) is 0 Å². The van der Waals surface area contributed by atoms with Gasteiger partial charge in [0.15, 0.2) is 0 Å². The molecule has 0 atom stereocenters. The van der Waals surface area contributed by atoms with Crippen molar-refractivity contribution in [2.24, 2.45) is 0 Å². The van der Waals surface area contributed by atoms with Crippen LogP contribution in [0.3, 0.4) is 0 Å². The number of esters is 1. The Morgan fingerprint density at radius 1 is 1.07 bits per heavy atom. The zero-order valence-electron chi connectivity index (χ0n) is 8.94. The number of carbonyl (C=O) groups excluding carboxylic acids is 1. The molecule has 0 spiro atoms. The maximum absolute atomic E-state index is 10.8. The van der Waals surface area contributed by atoms with Crippen LogP contribution in [0.15, 0.2) is 0 Å². The molecule has 0 aromatic rings. The minimum Gasteiger partial charge on any atom is -0.462 e. The molecule has 0 aromatic carbocycles. The van der Waals surface area contributed by atoms with E-state index in [0.717, 1.165) is 0 Å². The van der Waals surface area contributed by atoms with Crippen molar-refractivity contribution in [1.82, 2.24) is 0 Å². The quantitative estimate of drug-likeness (QED) is 0.385. The summed E-state index contributed by atoms with van der Waals surface area (Å²) in [4.78, 5) is 10.8. The van der Waals surface area contributed by atoms with Crippen LogP contribution >= 0.6 is 0 Å². The number of hydrogen-bond donors (Lipinski definition) is 1. The highest BCUT2D eigenvalue weighted by atomic mass is 16.6. The minimum absolute atomic E-state index is 0.00856. The second-order valence-electron chi connectivity index (χ2n) is 2.60. The monoisotopic (exact) mass is 222 g/mol. The van der Waals surface area contributed by atoms with Crippen LogP contribution in [-0.4, -0.2) is 64.4 Å². The molecule has 0 aromatic heterocycles. The van der Waals surface area contributed by atoms with Crippen molar-refractivity contribution in [3.8, 4) is 0 Å². The van der Waals surface area contributed by atoms with Gasteiger partial charge in [-0.3, -0.25) is 0 Å². The van der Waals surface area contributed by atoms with Gasteiger partial charge in [0.1, 0.15) is 13.2 Å². The van der Waals surface area contributed by atoms with E-state index in [9.17, 15) is 4.79 Å². The lowest BCUT2D eigenvalue weighted by Crippen LogP contribution is -2.16. The summed E-state index contributed by atoms with van der Waals surface area (Å²) >= 11 is 0. The van der Waals surface area contributed by atoms with Gasteiger partial charge >= 0.3 is 5.97 Å². The fourth-order valence-electron chi connectivity index (χ4n) is 0.760. The standard InChI is InChI=1S/C9H18O6/c1-12-8-9(11)15-7-6-14-5-4-13-3-2-10/h10H,2-8H2,1H3. The number of aliphatic hydroxyl groups excluding tert-OH is 1. The van der Waals surface area contributed by atoms with Gasteiger partial charge in [0.2, 0.25) is 0 Å². The molecule has 0 saturated heterocycles. The van der Waals surface area contributed by atoms with Crippen LogP contribution in [0.5, 0.6) is 0 Å². The van der Waals surface area contributed by atoms with Crippen molar-refractivity contribution in [3.63, 3.8) is 0 Å². The largest absolute Gasteiger partial charge is 0.462 e. The average Bonchev–Trinajstić information content (AvgIpc) is 2.22. The van der Waals surface area contributed by atoms with Crippen molar-refractivity contribution < 1.29 is 28.8 Å². The van der Waals surface area contributed by atoms with E-state index < -0.39 is 5.97 Å². The maximum atomic E-state index is 10.8. The van der Waals surface area contributed by atoms with E-state index in [-0.39, 0.29) is 19.8 Å². The predicted molar refractivity (Wildman–Crippen MR) is 51.6 cm³/mol. The lowest BCUT2D eigenvalue weighted by Gasteiger charge is -2.05. The zero-order valence-corrected chi connectivity index (χ0v) is 8.94. The van der Waals surface area contributed by atoms with Gasteiger partial charge in [0, 0.05) is 7.11 Å². The molecule has 0 rings (SSSR count). The fourth-order valence-corrected chi connectivity index (χ4v) is 0.760. The Bertz CT molecular complexity index is 150. The zero-order chi connectivity index (χ0) is 11.4. The number of aliphatic hydroxyl groups is 1. The third kappa shape index (κ3) is 11.2. The highest BCUT2D eigenvalue weighted by Gasteiger charge is 1.99. The van der Waals surface area contributed by atoms with E-state index in [2.05, 4.69) is 4.74 Å². The highest BCUT2D eigenvalue weighted by molar-refractivity contribution is 5.70. The summed E-state index contributed by atoms with van der Waals surface area (Å²) in [6.45, 7) is 1.66. The smallest absolute Gasteiger partial charge is 0.332 e. The molecular weight excluding hydrogens is 204 g/mol. The lowest BCUT2D eigenvalue weighted by molar-refractivity contribution is -0.149. The normalized spacial score (nSPS) is 10.3. The molecule has 0 aliphatic heterocycles. The maximum Gasteiger partial charge on any atom is 0.332 e. The van der Waals surface area contributed by atoms with Crippen molar-refractivity contribution in [3.05, 3.63) is 0 Å². The number of rotatable bonds is 10. The van der Waals surface area contributed by atoms with Crippen molar-refractivity contribution in [1.29, 1.82) is 0 Å². The molecule has 1 N–H and O–H groups in total. The van der Waals surface area contributed by atoms with Crippen LogP contribution in [0, 0.1) is 0 Å². The molecule has 0 heterocycles. The number of ether oxygens (including phenoxy) is 4. The summed E-state index contributed by atoms with van der Waals surface area (Å²) in [6, 6.07) is 0. The molecule has 0 amide bonds. The Morgan fingerprint density at radius 3 is 2.27 bits per heavy atom. The summed E-state index contributed by atoms with van der Waals surface area (Å²) in [5.41, 5.74) is 0. The van der Waals surface area contributed by atoms with E-state index in [1.807, 2.05) is 0 Å². The first kappa shape index (κ1) is 14.3. The average molecular weight is 222 g/mol. The number of methoxy groups -OCH3 is 1. The molecule has 0 saturated carbocycles. The van der Waals surface area contributed by atoms with Crippen LogP contribution in [0.2, 0.25) is 0 Å². The molecule has 0 aliphatic rings. The van der Waals surface area contributed by atoms with Gasteiger partial charge in [-0.05, 0) is 0 Å². The molecular formula is C9H18O6. The molecule has 90 valence electrons. The second-order valence-corrected chi connectivity index (χ2v) is 2.60. The molecule has 0 fully saturated rings. The first-order valence-electron chi connectivity index (χ1n) is 4.72. The van der Waals surface area contributed by atoms with Crippen LogP contribution in [-0.2, 0) is 23.7 Å². The fraction of sp³-hybridized carbons (Fsp3) is 0.889. The summed E-state index contributed by atoms with van der Waals surface area (Å²) < 4.78 is 19.3. The third-order valence-corrected chi connectivity index (χ3v) is 1.36. The molecule has 6 nitrogen and oxygen atoms in total. The van der Waals surface area contributed by atoms with E-state index in [1.165, 1.54) is 7.11 Å². The topological polar surface area (TPSA) is 74.2 Å². The third-order valence-electron chi connectivity index (χ3n) is 1.36. The second kappa shape index (κ2) is 11.4. The van der Waals surface area contributed by atoms with E-state index >= 15 is 0 Å². The molecule has 6 heteroatoms. The first-order valence-corrected chi connectivity index (χ1v) is 4.72. The van der Waals surface area contributed by atoms with Gasteiger partial charge in [0.05, 0.1) is 33.0 Å². The van der Waals surface area contributed by atoms with E-state index in [0.29, 0.717) is 26.4 Å². The van der Waals surface area contributed by atoms with Crippen LogP contribution < -0.4 is 0 Å². The first-order chi connectivity index (χ1) is 7.31. The van der Waals surface area contributed by atoms with E-state index in [1.54, 1.807) is 0 Å². The summed E-state index contributed by atoms with van der Waals surface area (Å²) in [5.74, 6) is -0.405. The van der Waals surface area contributed by atoms with Gasteiger partial charge < -0.3 is 24.1 Å². The summed E-state index contributed by atoms with van der Waals surface area (Å²) in [5, 5.41) is 8.38. The number of hydrogen-bond acceptors (Lipinski definition) is 6. The van der Waals surface area contributed by atoms with Gasteiger partial charge in [-0.25, -0.2) is 4.79 Å². The number of carbonyl (C=O) groups is 1. The van der Waals surface area contributed by atoms with Gasteiger partial charge in [-0.15, -0.1) is 0 Å². The van der Waals surface area contributed by atoms with Crippen molar-refractivity contribution in [2.75, 3.05) is 53.4 Å². The molecule has 0 unspecified atom stereocenters. The molecule has 0 radical (unpaired) electrons. The molecule has 0 bridgehead atoms. The highest BCUT2D eigenvalue weighted by Crippen LogP contribution is 1.83. The van der Waals surface area contributed by atoms with Crippen LogP contribution in [0.25, 0.3) is 0 Å². The van der Waals surface area contributed by atoms with Crippen LogP contribution in [0.4, 0.5) is 0 Å². The minimum atomic E-state index is -0.405. The lowest BCUT2D eigenvalue weighted by atomic mass is 10.7. The van der Waals surface area contributed by atoms with E-state index in [4.69, 9.17) is 19.3 Å². The van der Waals surface area contributed by atoms with Crippen molar-refractivity contribution >= 4 is 5.97 Å². The SMILES string of the molecule is COCC(=O)OCCOCCOCCO. The Labute approximate surface area is 89.1 Å².